The van der Waals surface area contributed by atoms with Crippen LogP contribution in [0.1, 0.15) is 30.5 Å². The van der Waals surface area contributed by atoms with Crippen LogP contribution in [0, 0.1) is 6.92 Å². The van der Waals surface area contributed by atoms with Gasteiger partial charge in [0.15, 0.2) is 0 Å². The highest BCUT2D eigenvalue weighted by atomic mass is 32.2. The lowest BCUT2D eigenvalue weighted by Gasteiger charge is -2.17. The van der Waals surface area contributed by atoms with Gasteiger partial charge in [-0.15, -0.1) is 11.8 Å². The molecule has 4 heteroatoms. The minimum Gasteiger partial charge on any atom is -0.481 e. The van der Waals surface area contributed by atoms with Gasteiger partial charge in [0.25, 0.3) is 0 Å². The maximum absolute atomic E-state index is 11.6. The van der Waals surface area contributed by atoms with Crippen molar-refractivity contribution in [2.45, 2.75) is 43.9 Å². The van der Waals surface area contributed by atoms with Crippen molar-refractivity contribution >= 4 is 39.5 Å². The molecule has 0 aliphatic carbocycles. The van der Waals surface area contributed by atoms with Crippen LogP contribution in [0.25, 0.3) is 21.8 Å². The van der Waals surface area contributed by atoms with Crippen LogP contribution in [-0.4, -0.2) is 20.9 Å². The molecular formula is C25H25NO2S. The van der Waals surface area contributed by atoms with Gasteiger partial charge in [-0.05, 0) is 29.7 Å². The molecule has 1 aromatic heterocycles. The number of rotatable bonds is 6. The predicted octanol–water partition coefficient (Wildman–Crippen LogP) is 6.28. The van der Waals surface area contributed by atoms with Crippen LogP contribution in [0.4, 0.5) is 0 Å². The zero-order valence-corrected chi connectivity index (χ0v) is 17.8. The molecule has 0 aliphatic rings. The van der Waals surface area contributed by atoms with E-state index in [1.165, 1.54) is 21.9 Å². The molecule has 1 heterocycles. The summed E-state index contributed by atoms with van der Waals surface area (Å²) >= 11 is 1.76. The zero-order valence-electron chi connectivity index (χ0n) is 17.0. The number of aromatic nitrogens is 1. The Bertz CT molecular complexity index is 1190. The first-order chi connectivity index (χ1) is 14.0. The average Bonchev–Trinajstić information content (AvgIpc) is 3.00. The fourth-order valence-electron chi connectivity index (χ4n) is 4.08. The van der Waals surface area contributed by atoms with E-state index in [2.05, 4.69) is 79.9 Å². The third-order valence-electron chi connectivity index (χ3n) is 5.14. The van der Waals surface area contributed by atoms with Gasteiger partial charge < -0.3 is 9.67 Å². The topological polar surface area (TPSA) is 42.2 Å². The summed E-state index contributed by atoms with van der Waals surface area (Å²) in [5.74, 6) is -0.792. The normalized spacial score (nSPS) is 11.6. The van der Waals surface area contributed by atoms with Crippen molar-refractivity contribution in [1.82, 2.24) is 4.57 Å². The first-order valence-corrected chi connectivity index (χ1v) is 10.8. The maximum atomic E-state index is 11.6. The molecule has 0 amide bonds. The summed E-state index contributed by atoms with van der Waals surface area (Å²) < 4.78 is 2.36. The predicted molar refractivity (Wildman–Crippen MR) is 122 cm³/mol. The number of carboxylic acids is 1. The molecular weight excluding hydrogens is 378 g/mol. The third-order valence-corrected chi connectivity index (χ3v) is 6.30. The number of aliphatic carboxylic acids is 1. The molecule has 0 saturated carbocycles. The van der Waals surface area contributed by atoms with Gasteiger partial charge in [-0.25, -0.2) is 0 Å². The second-order valence-corrected chi connectivity index (χ2v) is 9.32. The first-order valence-electron chi connectivity index (χ1n) is 9.91. The van der Waals surface area contributed by atoms with Gasteiger partial charge in [0.1, 0.15) is 0 Å². The molecule has 4 rings (SSSR count). The van der Waals surface area contributed by atoms with Crippen LogP contribution >= 0.6 is 11.8 Å². The molecule has 148 valence electrons. The number of thioether (sulfide) groups is 1. The molecule has 0 bridgehead atoms. The highest BCUT2D eigenvalue weighted by Gasteiger charge is 2.21. The van der Waals surface area contributed by atoms with Gasteiger partial charge in [0.05, 0.1) is 11.9 Å². The van der Waals surface area contributed by atoms with Crippen molar-refractivity contribution in [3.63, 3.8) is 0 Å². The van der Waals surface area contributed by atoms with Gasteiger partial charge in [-0.1, -0.05) is 68.4 Å². The fourth-order valence-corrected chi connectivity index (χ4v) is 5.16. The number of aryl methyl sites for hydroxylation is 1. The van der Waals surface area contributed by atoms with Crippen molar-refractivity contribution in [1.29, 1.82) is 0 Å². The quantitative estimate of drug-likeness (QED) is 0.385. The van der Waals surface area contributed by atoms with E-state index in [1.807, 2.05) is 6.07 Å². The molecule has 0 atom stereocenters. The summed E-state index contributed by atoms with van der Waals surface area (Å²) in [6, 6.07) is 21.0. The molecule has 3 nitrogen and oxygen atoms in total. The van der Waals surface area contributed by atoms with Gasteiger partial charge in [0, 0.05) is 33.0 Å². The lowest BCUT2D eigenvalue weighted by atomic mass is 10.0. The van der Waals surface area contributed by atoms with Crippen molar-refractivity contribution in [3.8, 4) is 0 Å². The Hall–Kier alpha value is -2.72. The van der Waals surface area contributed by atoms with Crippen LogP contribution < -0.4 is 0 Å². The van der Waals surface area contributed by atoms with E-state index in [9.17, 15) is 9.90 Å². The number of fused-ring (bicyclic) bond motifs is 3. The summed E-state index contributed by atoms with van der Waals surface area (Å²) in [6.07, 6.45) is 0.0404. The highest BCUT2D eigenvalue weighted by Crippen LogP contribution is 2.41. The van der Waals surface area contributed by atoms with E-state index in [1.54, 1.807) is 11.8 Å². The summed E-state index contributed by atoms with van der Waals surface area (Å²) in [6.45, 7) is 7.17. The minimum absolute atomic E-state index is 0.0404. The monoisotopic (exact) mass is 403 g/mol. The van der Waals surface area contributed by atoms with Gasteiger partial charge >= 0.3 is 5.97 Å². The van der Waals surface area contributed by atoms with Gasteiger partial charge in [-0.2, -0.15) is 0 Å². The summed E-state index contributed by atoms with van der Waals surface area (Å²) in [5, 5.41) is 12.3. The first kappa shape index (κ1) is 19.6. The zero-order chi connectivity index (χ0) is 20.5. The van der Waals surface area contributed by atoms with Crippen molar-refractivity contribution < 1.29 is 9.90 Å². The van der Waals surface area contributed by atoms with E-state index < -0.39 is 5.97 Å². The largest absolute Gasteiger partial charge is 0.481 e. The van der Waals surface area contributed by atoms with Crippen LogP contribution in [-0.2, 0) is 17.8 Å². The molecule has 3 aromatic carbocycles. The molecule has 0 fully saturated rings. The summed E-state index contributed by atoms with van der Waals surface area (Å²) in [7, 11) is 0. The maximum Gasteiger partial charge on any atom is 0.307 e. The van der Waals surface area contributed by atoms with Crippen LogP contribution in [0.3, 0.4) is 0 Å². The van der Waals surface area contributed by atoms with Gasteiger partial charge in [-0.3, -0.25) is 4.79 Å². The molecule has 0 spiro atoms. The van der Waals surface area contributed by atoms with E-state index in [0.29, 0.717) is 5.25 Å². The molecule has 0 saturated heterocycles. The highest BCUT2D eigenvalue weighted by molar-refractivity contribution is 8.00. The lowest BCUT2D eigenvalue weighted by Crippen LogP contribution is -2.06. The molecule has 1 N–H and O–H groups in total. The Morgan fingerprint density at radius 1 is 1.07 bits per heavy atom. The van der Waals surface area contributed by atoms with Crippen LogP contribution in [0.15, 0.2) is 65.6 Å². The number of hydrogen-bond donors (Lipinski definition) is 1. The molecule has 0 radical (unpaired) electrons. The van der Waals surface area contributed by atoms with Crippen molar-refractivity contribution in [3.05, 3.63) is 77.4 Å². The second kappa shape index (κ2) is 7.96. The molecule has 0 unspecified atom stereocenters. The Kier molecular flexibility index (Phi) is 5.37. The third kappa shape index (κ3) is 3.77. The van der Waals surface area contributed by atoms with E-state index in [0.717, 1.165) is 28.1 Å². The number of carbonyl (C=O) groups is 1. The Morgan fingerprint density at radius 3 is 2.45 bits per heavy atom. The number of nitrogens with zero attached hydrogens (tertiary/aromatic N) is 1. The number of hydrogen-bond acceptors (Lipinski definition) is 2. The lowest BCUT2D eigenvalue weighted by molar-refractivity contribution is -0.136. The Morgan fingerprint density at radius 2 is 1.76 bits per heavy atom. The second-order valence-electron chi connectivity index (χ2n) is 7.73. The SMILES string of the molecule is Cc1cc(CC(=O)O)c(SC(C)C)c2c1c1ccccc1n2Cc1ccccc1. The number of para-hydroxylation sites is 1. The molecule has 0 aliphatic heterocycles. The van der Waals surface area contributed by atoms with Crippen molar-refractivity contribution in [2.75, 3.05) is 0 Å². The molecule has 4 aromatic rings. The fraction of sp³-hybridized carbons (Fsp3) is 0.240. The van der Waals surface area contributed by atoms with E-state index in [-0.39, 0.29) is 6.42 Å². The average molecular weight is 404 g/mol. The van der Waals surface area contributed by atoms with E-state index in [4.69, 9.17) is 0 Å². The smallest absolute Gasteiger partial charge is 0.307 e. The Labute approximate surface area is 175 Å². The summed E-state index contributed by atoms with van der Waals surface area (Å²) in [5.41, 5.74) is 5.61. The number of carboxylic acid groups (broad SMARTS) is 1. The Balaban J connectivity index is 2.09. The minimum atomic E-state index is -0.792. The molecule has 29 heavy (non-hydrogen) atoms. The standard InChI is InChI=1S/C25H25NO2S/c1-16(2)29-25-19(14-22(27)28)13-17(3)23-20-11-7-8-12-21(20)26(24(23)25)15-18-9-5-4-6-10-18/h4-13,16H,14-15H2,1-3H3,(H,27,28). The van der Waals surface area contributed by atoms with Gasteiger partial charge in [0.2, 0.25) is 0 Å². The van der Waals surface area contributed by atoms with Crippen LogP contribution in [0.2, 0.25) is 0 Å². The number of benzene rings is 3. The summed E-state index contributed by atoms with van der Waals surface area (Å²) in [4.78, 5) is 12.7. The van der Waals surface area contributed by atoms with Crippen molar-refractivity contribution in [2.24, 2.45) is 0 Å². The van der Waals surface area contributed by atoms with E-state index >= 15 is 0 Å². The van der Waals surface area contributed by atoms with Crippen LogP contribution in [0.5, 0.6) is 0 Å².